The fraction of sp³-hybridized carbons (Fsp3) is 0.263. The molecule has 0 aromatic heterocycles. The van der Waals surface area contributed by atoms with Crippen molar-refractivity contribution in [2.75, 3.05) is 18.5 Å². The summed E-state index contributed by atoms with van der Waals surface area (Å²) < 4.78 is 16.3. The van der Waals surface area contributed by atoms with Crippen LogP contribution in [0.3, 0.4) is 0 Å². The van der Waals surface area contributed by atoms with Crippen LogP contribution in [0.4, 0.5) is 5.69 Å². The highest BCUT2D eigenvalue weighted by Crippen LogP contribution is 2.38. The standard InChI is InChI=1S/C19H18ClNO5/c1-12(18(22)21-14-6-3-2-4-7-14)26-19(23)13-10-15(20)17-16(11-13)24-8-5-9-25-17/h2-4,6-7,10-12H,5,8-9H2,1H3,(H,21,22)/t12-/m0/s1. The maximum absolute atomic E-state index is 12.4. The number of carbonyl (C=O) groups excluding carboxylic acids is 2. The molecule has 0 aliphatic carbocycles. The SMILES string of the molecule is C[C@H](OC(=O)c1cc(Cl)c2c(c1)OCCCO2)C(=O)Nc1ccccc1. The van der Waals surface area contributed by atoms with Crippen molar-refractivity contribution in [1.82, 2.24) is 0 Å². The van der Waals surface area contributed by atoms with Crippen molar-refractivity contribution in [1.29, 1.82) is 0 Å². The molecule has 0 saturated carbocycles. The molecule has 1 heterocycles. The number of para-hydroxylation sites is 1. The molecule has 2 aromatic rings. The number of benzene rings is 2. The van der Waals surface area contributed by atoms with E-state index in [4.69, 9.17) is 25.8 Å². The van der Waals surface area contributed by atoms with Gasteiger partial charge in [0.05, 0.1) is 23.8 Å². The molecule has 0 unspecified atom stereocenters. The smallest absolute Gasteiger partial charge is 0.339 e. The molecule has 0 bridgehead atoms. The van der Waals surface area contributed by atoms with E-state index in [1.807, 2.05) is 6.07 Å². The van der Waals surface area contributed by atoms with Gasteiger partial charge in [0.1, 0.15) is 0 Å². The van der Waals surface area contributed by atoms with E-state index >= 15 is 0 Å². The molecule has 136 valence electrons. The predicted molar refractivity (Wildman–Crippen MR) is 97.0 cm³/mol. The summed E-state index contributed by atoms with van der Waals surface area (Å²) in [6.45, 7) is 2.46. The molecule has 2 aromatic carbocycles. The average Bonchev–Trinajstić information content (AvgIpc) is 2.88. The Labute approximate surface area is 156 Å². The van der Waals surface area contributed by atoms with Crippen LogP contribution >= 0.6 is 11.6 Å². The molecule has 1 N–H and O–H groups in total. The monoisotopic (exact) mass is 375 g/mol. The van der Waals surface area contributed by atoms with Crippen molar-refractivity contribution in [3.05, 3.63) is 53.1 Å². The Hall–Kier alpha value is -2.73. The van der Waals surface area contributed by atoms with Crippen LogP contribution in [0.15, 0.2) is 42.5 Å². The number of hydrogen-bond acceptors (Lipinski definition) is 5. The summed E-state index contributed by atoms with van der Waals surface area (Å²) in [5.41, 5.74) is 0.817. The van der Waals surface area contributed by atoms with Crippen LogP contribution in [0.25, 0.3) is 0 Å². The normalized spacial score (nSPS) is 14.1. The zero-order valence-corrected chi connectivity index (χ0v) is 14.9. The summed E-state index contributed by atoms with van der Waals surface area (Å²) in [4.78, 5) is 24.5. The van der Waals surface area contributed by atoms with E-state index in [2.05, 4.69) is 5.32 Å². The van der Waals surface area contributed by atoms with Gasteiger partial charge in [-0.3, -0.25) is 4.79 Å². The van der Waals surface area contributed by atoms with E-state index in [0.29, 0.717) is 30.4 Å². The van der Waals surface area contributed by atoms with E-state index in [-0.39, 0.29) is 10.6 Å². The number of hydrogen-bond donors (Lipinski definition) is 1. The molecule has 3 rings (SSSR count). The second-order valence-corrected chi connectivity index (χ2v) is 6.15. The molecule has 7 heteroatoms. The summed E-state index contributed by atoms with van der Waals surface area (Å²) in [7, 11) is 0. The minimum absolute atomic E-state index is 0.193. The fourth-order valence-corrected chi connectivity index (χ4v) is 2.66. The summed E-state index contributed by atoms with van der Waals surface area (Å²) in [6, 6.07) is 11.9. The highest BCUT2D eigenvalue weighted by molar-refractivity contribution is 6.32. The van der Waals surface area contributed by atoms with Crippen molar-refractivity contribution in [3.63, 3.8) is 0 Å². The minimum Gasteiger partial charge on any atom is -0.489 e. The van der Waals surface area contributed by atoms with Gasteiger partial charge >= 0.3 is 5.97 Å². The van der Waals surface area contributed by atoms with Crippen LogP contribution in [-0.2, 0) is 9.53 Å². The first-order valence-corrected chi connectivity index (χ1v) is 8.58. The fourth-order valence-electron chi connectivity index (χ4n) is 2.40. The number of rotatable bonds is 4. The van der Waals surface area contributed by atoms with Gasteiger partial charge in [0, 0.05) is 12.1 Å². The second kappa shape index (κ2) is 8.10. The summed E-state index contributed by atoms with van der Waals surface area (Å²) in [5.74, 6) is -0.290. The number of esters is 1. The van der Waals surface area contributed by atoms with E-state index in [0.717, 1.165) is 6.42 Å². The lowest BCUT2D eigenvalue weighted by atomic mass is 10.2. The quantitative estimate of drug-likeness (QED) is 0.825. The van der Waals surface area contributed by atoms with Gasteiger partial charge in [0.25, 0.3) is 5.91 Å². The van der Waals surface area contributed by atoms with Crippen molar-refractivity contribution in [2.45, 2.75) is 19.4 Å². The third-order valence-electron chi connectivity index (χ3n) is 3.73. The highest BCUT2D eigenvalue weighted by atomic mass is 35.5. The number of nitrogens with one attached hydrogen (secondary N) is 1. The van der Waals surface area contributed by atoms with Crippen LogP contribution in [0.1, 0.15) is 23.7 Å². The Morgan fingerprint density at radius 1 is 1.15 bits per heavy atom. The second-order valence-electron chi connectivity index (χ2n) is 5.74. The molecule has 0 radical (unpaired) electrons. The molecule has 1 aliphatic heterocycles. The maximum atomic E-state index is 12.4. The van der Waals surface area contributed by atoms with Crippen LogP contribution in [0.2, 0.25) is 5.02 Å². The number of anilines is 1. The predicted octanol–water partition coefficient (Wildman–Crippen LogP) is 3.69. The Bertz CT molecular complexity index is 809. The van der Waals surface area contributed by atoms with E-state index in [9.17, 15) is 9.59 Å². The summed E-state index contributed by atoms with van der Waals surface area (Å²) >= 11 is 6.18. The third-order valence-corrected chi connectivity index (χ3v) is 4.01. The molecule has 1 atom stereocenters. The minimum atomic E-state index is -0.975. The first-order valence-electron chi connectivity index (χ1n) is 8.20. The van der Waals surface area contributed by atoms with Gasteiger partial charge in [-0.2, -0.15) is 0 Å². The van der Waals surface area contributed by atoms with Gasteiger partial charge in [0.15, 0.2) is 17.6 Å². The molecule has 0 spiro atoms. The number of ether oxygens (including phenoxy) is 3. The van der Waals surface area contributed by atoms with E-state index in [1.54, 1.807) is 24.3 Å². The third kappa shape index (κ3) is 4.26. The first-order chi connectivity index (χ1) is 12.5. The molecule has 0 saturated heterocycles. The Kier molecular flexibility index (Phi) is 5.63. The molecule has 6 nitrogen and oxygen atoms in total. The van der Waals surface area contributed by atoms with Gasteiger partial charge in [-0.25, -0.2) is 4.79 Å². The van der Waals surface area contributed by atoms with Crippen LogP contribution < -0.4 is 14.8 Å². The number of carbonyl (C=O) groups is 2. The van der Waals surface area contributed by atoms with Gasteiger partial charge in [0.2, 0.25) is 0 Å². The maximum Gasteiger partial charge on any atom is 0.339 e. The van der Waals surface area contributed by atoms with Crippen molar-refractivity contribution < 1.29 is 23.8 Å². The van der Waals surface area contributed by atoms with E-state index < -0.39 is 18.0 Å². The van der Waals surface area contributed by atoms with Crippen molar-refractivity contribution in [3.8, 4) is 11.5 Å². The summed E-state index contributed by atoms with van der Waals surface area (Å²) in [5, 5.41) is 2.94. The zero-order chi connectivity index (χ0) is 18.5. The van der Waals surface area contributed by atoms with Gasteiger partial charge in [-0.15, -0.1) is 0 Å². The van der Waals surface area contributed by atoms with E-state index in [1.165, 1.54) is 19.1 Å². The van der Waals surface area contributed by atoms with Gasteiger partial charge in [-0.1, -0.05) is 29.8 Å². The van der Waals surface area contributed by atoms with Crippen LogP contribution in [0, 0.1) is 0 Å². The molecular weight excluding hydrogens is 358 g/mol. The largest absolute Gasteiger partial charge is 0.489 e. The topological polar surface area (TPSA) is 73.9 Å². The summed E-state index contributed by atoms with van der Waals surface area (Å²) in [6.07, 6.45) is -0.251. The average molecular weight is 376 g/mol. The highest BCUT2D eigenvalue weighted by Gasteiger charge is 2.23. The lowest BCUT2D eigenvalue weighted by Crippen LogP contribution is -2.30. The number of fused-ring (bicyclic) bond motifs is 1. The zero-order valence-electron chi connectivity index (χ0n) is 14.2. The van der Waals surface area contributed by atoms with Crippen molar-refractivity contribution >= 4 is 29.2 Å². The molecular formula is C19H18ClNO5. The molecule has 0 fully saturated rings. The van der Waals surface area contributed by atoms with Crippen LogP contribution in [0.5, 0.6) is 11.5 Å². The number of halogens is 1. The Morgan fingerprint density at radius 2 is 1.88 bits per heavy atom. The van der Waals surface area contributed by atoms with Crippen molar-refractivity contribution in [2.24, 2.45) is 0 Å². The van der Waals surface area contributed by atoms with Gasteiger partial charge < -0.3 is 19.5 Å². The lowest BCUT2D eigenvalue weighted by Gasteiger charge is -2.15. The Morgan fingerprint density at radius 3 is 2.65 bits per heavy atom. The molecule has 26 heavy (non-hydrogen) atoms. The van der Waals surface area contributed by atoms with Gasteiger partial charge in [-0.05, 0) is 31.2 Å². The lowest BCUT2D eigenvalue weighted by molar-refractivity contribution is -0.123. The molecule has 1 amide bonds. The number of amides is 1. The molecule has 1 aliphatic rings. The van der Waals surface area contributed by atoms with Crippen LogP contribution in [-0.4, -0.2) is 31.2 Å². The Balaban J connectivity index is 1.68. The first kappa shape index (κ1) is 18.1.